The monoisotopic (exact) mass is 566 g/mol. The molecule has 0 saturated carbocycles. The van der Waals surface area contributed by atoms with Crippen molar-refractivity contribution >= 4 is 11.8 Å². The molecular weight excluding hydrogens is 512 g/mol. The maximum absolute atomic E-state index is 13.6. The smallest absolute Gasteiger partial charge is 0.254 e. The van der Waals surface area contributed by atoms with E-state index in [1.165, 1.54) is 0 Å². The summed E-state index contributed by atoms with van der Waals surface area (Å²) in [4.78, 5) is 39.2. The van der Waals surface area contributed by atoms with E-state index in [9.17, 15) is 9.59 Å². The Morgan fingerprint density at radius 3 is 1.12 bits per heavy atom. The second-order valence-electron chi connectivity index (χ2n) is 15.4. The van der Waals surface area contributed by atoms with E-state index in [1.807, 2.05) is 37.8 Å². The highest BCUT2D eigenvalue weighted by atomic mass is 16.7. The Morgan fingerprint density at radius 1 is 0.600 bits per heavy atom. The Kier molecular flexibility index (Phi) is 7.60. The molecule has 2 atom stereocenters. The third kappa shape index (κ3) is 5.33. The Morgan fingerprint density at radius 2 is 0.875 bits per heavy atom. The second-order valence-corrected chi connectivity index (χ2v) is 15.4. The van der Waals surface area contributed by atoms with Gasteiger partial charge >= 0.3 is 0 Å². The van der Waals surface area contributed by atoms with Crippen LogP contribution in [0.3, 0.4) is 0 Å². The largest absolute Gasteiger partial charge is 0.340 e. The first kappa shape index (κ1) is 31.6. The van der Waals surface area contributed by atoms with Gasteiger partial charge in [-0.3, -0.25) is 19.3 Å². The third-order valence-electron chi connectivity index (χ3n) is 9.09. The van der Waals surface area contributed by atoms with Gasteiger partial charge in [-0.25, -0.2) is 0 Å². The Hall–Kier alpha value is -1.30. The fourth-order valence-corrected chi connectivity index (χ4v) is 8.69. The van der Waals surface area contributed by atoms with E-state index >= 15 is 0 Å². The van der Waals surface area contributed by atoms with Crippen LogP contribution in [0.1, 0.15) is 122 Å². The minimum Gasteiger partial charge on any atom is -0.340 e. The first-order valence-corrected chi connectivity index (χ1v) is 15.0. The van der Waals surface area contributed by atoms with E-state index in [-0.39, 0.29) is 11.8 Å². The summed E-state index contributed by atoms with van der Waals surface area (Å²) >= 11 is 0. The molecule has 2 spiro atoms. The molecule has 2 unspecified atom stereocenters. The number of nitrogens with zero attached hydrogens (tertiary/aromatic N) is 2. The van der Waals surface area contributed by atoms with Gasteiger partial charge in [0.15, 0.2) is 11.2 Å². The lowest BCUT2D eigenvalue weighted by Gasteiger charge is -2.56. The summed E-state index contributed by atoms with van der Waals surface area (Å²) in [6.07, 6.45) is 3.03. The molecular formula is C30H54N4O6. The van der Waals surface area contributed by atoms with Crippen molar-refractivity contribution in [2.45, 2.75) is 166 Å². The number of nitrogens with one attached hydrogen (secondary N) is 2. The van der Waals surface area contributed by atoms with E-state index in [0.29, 0.717) is 51.7 Å². The Bertz CT molecular complexity index is 910. The summed E-state index contributed by atoms with van der Waals surface area (Å²) in [7, 11) is 0. The molecule has 0 aromatic rings. The molecule has 4 rings (SSSR count). The highest BCUT2D eigenvalue weighted by Crippen LogP contribution is 2.52. The van der Waals surface area contributed by atoms with E-state index in [2.05, 4.69) is 66.0 Å². The molecule has 4 saturated heterocycles. The van der Waals surface area contributed by atoms with Crippen LogP contribution in [0.4, 0.5) is 0 Å². The van der Waals surface area contributed by atoms with Crippen LogP contribution in [-0.4, -0.2) is 80.0 Å². The fraction of sp³-hybridized carbons (Fsp3) is 0.933. The number of hydrogen-bond donors (Lipinski definition) is 2. The van der Waals surface area contributed by atoms with Gasteiger partial charge < -0.3 is 20.1 Å². The van der Waals surface area contributed by atoms with Crippen molar-refractivity contribution in [3.63, 3.8) is 0 Å². The van der Waals surface area contributed by atoms with Crippen molar-refractivity contribution in [3.8, 4) is 0 Å². The van der Waals surface area contributed by atoms with Crippen LogP contribution in [0.25, 0.3) is 0 Å². The average molecular weight is 567 g/mol. The zero-order valence-corrected chi connectivity index (χ0v) is 27.0. The standard InChI is InChI=1S/C30H54N4O6/c1-13-37-33-23(3,4)17-29(18-24(33,5)6)21(35)31-27(11,39-29)15-16-28(12)32-22(36)30(40-28)19-25(7,8)34(38-14-2)26(9,10)20-30/h13-20H2,1-12H3,(H,31,35)(H,32,36). The molecule has 0 aromatic carbocycles. The number of hydrogen-bond acceptors (Lipinski definition) is 8. The molecule has 0 bridgehead atoms. The van der Waals surface area contributed by atoms with Gasteiger partial charge in [0.2, 0.25) is 0 Å². The van der Waals surface area contributed by atoms with Gasteiger partial charge in [-0.1, -0.05) is 0 Å². The fourth-order valence-electron chi connectivity index (χ4n) is 8.69. The van der Waals surface area contributed by atoms with Crippen molar-refractivity contribution in [1.29, 1.82) is 0 Å². The van der Waals surface area contributed by atoms with Crippen LogP contribution in [0, 0.1) is 0 Å². The first-order chi connectivity index (χ1) is 18.1. The minimum absolute atomic E-state index is 0.0860. The molecule has 0 aliphatic carbocycles. The van der Waals surface area contributed by atoms with Crippen LogP contribution in [0.5, 0.6) is 0 Å². The van der Waals surface area contributed by atoms with E-state index in [1.54, 1.807) is 0 Å². The third-order valence-corrected chi connectivity index (χ3v) is 9.09. The van der Waals surface area contributed by atoms with Crippen LogP contribution >= 0.6 is 0 Å². The van der Waals surface area contributed by atoms with Gasteiger partial charge in [0.25, 0.3) is 11.8 Å². The summed E-state index contributed by atoms with van der Waals surface area (Å²) in [5, 5.41) is 10.4. The van der Waals surface area contributed by atoms with E-state index < -0.39 is 44.8 Å². The lowest BCUT2D eigenvalue weighted by Crippen LogP contribution is -2.67. The van der Waals surface area contributed by atoms with Crippen molar-refractivity contribution < 1.29 is 28.7 Å². The normalized spacial score (nSPS) is 35.7. The zero-order chi connectivity index (χ0) is 30.2. The Labute approximate surface area is 241 Å². The molecule has 230 valence electrons. The molecule has 2 amide bonds. The van der Waals surface area contributed by atoms with Crippen molar-refractivity contribution in [1.82, 2.24) is 20.8 Å². The number of ether oxygens (including phenoxy) is 2. The quantitative estimate of drug-likeness (QED) is 0.473. The summed E-state index contributed by atoms with van der Waals surface area (Å²) in [6, 6.07) is 0. The van der Waals surface area contributed by atoms with E-state index in [4.69, 9.17) is 19.1 Å². The van der Waals surface area contributed by atoms with Gasteiger partial charge in [0.1, 0.15) is 11.4 Å². The SMILES string of the molecule is CCON1C(C)(C)CC2(CC1(C)C)OC(C)(CCC1(C)NC(=O)C3(CC(C)(C)N(OCC)C(C)(C)C3)O1)NC2=O. The molecule has 4 fully saturated rings. The molecule has 4 heterocycles. The molecule has 40 heavy (non-hydrogen) atoms. The molecule has 0 aromatic heterocycles. The molecule has 4 aliphatic heterocycles. The molecule has 2 N–H and O–H groups in total. The van der Waals surface area contributed by atoms with Crippen LogP contribution in [0.15, 0.2) is 0 Å². The first-order valence-electron chi connectivity index (χ1n) is 15.0. The number of piperidine rings is 2. The number of carbonyl (C=O) groups is 2. The van der Waals surface area contributed by atoms with Gasteiger partial charge in [-0.05, 0) is 95.9 Å². The molecule has 10 nitrogen and oxygen atoms in total. The molecule has 10 heteroatoms. The second kappa shape index (κ2) is 9.61. The maximum atomic E-state index is 13.6. The van der Waals surface area contributed by atoms with Crippen molar-refractivity contribution in [3.05, 3.63) is 0 Å². The number of amides is 2. The highest BCUT2D eigenvalue weighted by molar-refractivity contribution is 5.89. The molecule has 0 radical (unpaired) electrons. The predicted octanol–water partition coefficient (Wildman–Crippen LogP) is 4.18. The number of rotatable bonds is 7. The number of hydroxylamine groups is 4. The summed E-state index contributed by atoms with van der Waals surface area (Å²) in [6.45, 7) is 25.7. The maximum Gasteiger partial charge on any atom is 0.254 e. The summed E-state index contributed by atoms with van der Waals surface area (Å²) in [5.74, 6) is -0.172. The van der Waals surface area contributed by atoms with Crippen molar-refractivity contribution in [2.75, 3.05) is 13.2 Å². The van der Waals surface area contributed by atoms with Crippen molar-refractivity contribution in [2.24, 2.45) is 0 Å². The topological polar surface area (TPSA) is 102 Å². The lowest BCUT2D eigenvalue weighted by molar-refractivity contribution is -0.308. The Balaban J connectivity index is 1.49. The minimum atomic E-state index is -0.961. The summed E-state index contributed by atoms with van der Waals surface area (Å²) < 4.78 is 13.5. The van der Waals surface area contributed by atoms with Gasteiger partial charge in [-0.2, -0.15) is 10.1 Å². The summed E-state index contributed by atoms with van der Waals surface area (Å²) in [5.41, 5.74) is -5.32. The van der Waals surface area contributed by atoms with Gasteiger partial charge in [-0.15, -0.1) is 0 Å². The van der Waals surface area contributed by atoms with E-state index in [0.717, 1.165) is 0 Å². The van der Waals surface area contributed by atoms with Crippen LogP contribution in [0.2, 0.25) is 0 Å². The van der Waals surface area contributed by atoms with Gasteiger partial charge in [0.05, 0.1) is 13.2 Å². The van der Waals surface area contributed by atoms with Gasteiger partial charge in [0, 0.05) is 47.8 Å². The van der Waals surface area contributed by atoms with Crippen LogP contribution in [-0.2, 0) is 28.7 Å². The molecule has 4 aliphatic rings. The average Bonchev–Trinajstić information content (AvgIpc) is 3.13. The zero-order valence-electron chi connectivity index (χ0n) is 27.0. The highest BCUT2D eigenvalue weighted by Gasteiger charge is 2.65. The van der Waals surface area contributed by atoms with Crippen LogP contribution < -0.4 is 10.6 Å². The lowest BCUT2D eigenvalue weighted by atomic mass is 9.72. The predicted molar refractivity (Wildman–Crippen MR) is 152 cm³/mol. The number of carbonyl (C=O) groups excluding carboxylic acids is 2.